The molecule has 6 heteroatoms. The van der Waals surface area contributed by atoms with Crippen LogP contribution in [0.5, 0.6) is 0 Å². The van der Waals surface area contributed by atoms with Gasteiger partial charge in [-0.25, -0.2) is 0 Å². The molecule has 0 unspecified atom stereocenters. The van der Waals surface area contributed by atoms with Crippen LogP contribution in [0, 0.1) is 6.92 Å². The number of nitrogens with zero attached hydrogens (tertiary/aromatic N) is 2. The van der Waals surface area contributed by atoms with Crippen molar-refractivity contribution in [1.29, 1.82) is 0 Å². The fourth-order valence-electron chi connectivity index (χ4n) is 1.68. The first kappa shape index (κ1) is 16.5. The second-order valence-electron chi connectivity index (χ2n) is 4.13. The largest absolute Gasteiger partial charge is 0.467 e. The van der Waals surface area contributed by atoms with E-state index in [1.807, 2.05) is 31.2 Å². The molecule has 0 saturated heterocycles. The molecule has 0 aliphatic heterocycles. The number of rotatable bonds is 4. The summed E-state index contributed by atoms with van der Waals surface area (Å²) in [6.45, 7) is 3.29. The summed E-state index contributed by atoms with van der Waals surface area (Å²) in [5.74, 6) is 1.60. The van der Waals surface area contributed by atoms with E-state index in [-0.39, 0.29) is 24.0 Å². The summed E-state index contributed by atoms with van der Waals surface area (Å²) in [7, 11) is 1.74. The van der Waals surface area contributed by atoms with Crippen LogP contribution in [-0.2, 0) is 13.1 Å². The van der Waals surface area contributed by atoms with E-state index in [9.17, 15) is 0 Å². The number of hydrogen-bond acceptors (Lipinski definition) is 3. The third-order valence-corrected chi connectivity index (χ3v) is 2.77. The van der Waals surface area contributed by atoms with Crippen LogP contribution in [-0.4, -0.2) is 18.0 Å². The average Bonchev–Trinajstić information content (AvgIpc) is 2.94. The van der Waals surface area contributed by atoms with Crippen molar-refractivity contribution < 1.29 is 4.42 Å². The van der Waals surface area contributed by atoms with Crippen molar-refractivity contribution >= 4 is 29.9 Å². The molecule has 0 spiro atoms. The lowest BCUT2D eigenvalue weighted by atomic mass is 10.2. The number of pyridine rings is 1. The highest BCUT2D eigenvalue weighted by atomic mass is 127. The monoisotopic (exact) mass is 386 g/mol. The Balaban J connectivity index is 0.00000200. The van der Waals surface area contributed by atoms with Crippen molar-refractivity contribution in [2.45, 2.75) is 20.0 Å². The van der Waals surface area contributed by atoms with E-state index in [1.54, 1.807) is 19.5 Å². The molecule has 2 heterocycles. The molecule has 0 radical (unpaired) electrons. The Morgan fingerprint density at radius 2 is 2.05 bits per heavy atom. The van der Waals surface area contributed by atoms with E-state index >= 15 is 0 Å². The molecule has 0 fully saturated rings. The van der Waals surface area contributed by atoms with Gasteiger partial charge in [0.1, 0.15) is 5.76 Å². The first-order valence-corrected chi connectivity index (χ1v) is 6.17. The highest BCUT2D eigenvalue weighted by molar-refractivity contribution is 14.0. The number of aryl methyl sites for hydroxylation is 1. The molecule has 2 aromatic rings. The zero-order chi connectivity index (χ0) is 13.5. The highest BCUT2D eigenvalue weighted by Gasteiger charge is 2.02. The molecule has 0 aliphatic rings. The van der Waals surface area contributed by atoms with Crippen molar-refractivity contribution in [3.63, 3.8) is 0 Å². The van der Waals surface area contributed by atoms with Crippen LogP contribution in [0.4, 0.5) is 0 Å². The summed E-state index contributed by atoms with van der Waals surface area (Å²) in [6, 6.07) is 7.76. The molecule has 0 bridgehead atoms. The Morgan fingerprint density at radius 3 is 2.70 bits per heavy atom. The zero-order valence-electron chi connectivity index (χ0n) is 11.6. The zero-order valence-corrected chi connectivity index (χ0v) is 13.9. The minimum atomic E-state index is 0. The Morgan fingerprint density at radius 1 is 1.25 bits per heavy atom. The molecule has 0 aromatic carbocycles. The Kier molecular flexibility index (Phi) is 7.06. The van der Waals surface area contributed by atoms with Gasteiger partial charge in [0.15, 0.2) is 5.96 Å². The lowest BCUT2D eigenvalue weighted by Gasteiger charge is -2.11. The highest BCUT2D eigenvalue weighted by Crippen LogP contribution is 2.02. The molecular weight excluding hydrogens is 367 g/mol. The smallest absolute Gasteiger partial charge is 0.191 e. The SMILES string of the molecule is CN=C(NCc1ccco1)NCc1ncccc1C.I. The molecule has 108 valence electrons. The van der Waals surface area contributed by atoms with E-state index in [2.05, 4.69) is 20.6 Å². The Bertz CT molecular complexity index is 540. The quantitative estimate of drug-likeness (QED) is 0.482. The van der Waals surface area contributed by atoms with E-state index in [4.69, 9.17) is 4.42 Å². The Hall–Kier alpha value is -1.57. The van der Waals surface area contributed by atoms with Crippen LogP contribution in [0.3, 0.4) is 0 Å². The van der Waals surface area contributed by atoms with Crippen LogP contribution in [0.25, 0.3) is 0 Å². The summed E-state index contributed by atoms with van der Waals surface area (Å²) in [5.41, 5.74) is 2.18. The van der Waals surface area contributed by atoms with Gasteiger partial charge in [0.2, 0.25) is 0 Å². The van der Waals surface area contributed by atoms with Crippen molar-refractivity contribution in [3.05, 3.63) is 53.7 Å². The summed E-state index contributed by atoms with van der Waals surface area (Å²) in [4.78, 5) is 8.49. The summed E-state index contributed by atoms with van der Waals surface area (Å²) in [6.07, 6.45) is 3.45. The normalized spacial score (nSPS) is 10.8. The van der Waals surface area contributed by atoms with E-state index in [1.165, 1.54) is 0 Å². The van der Waals surface area contributed by atoms with Gasteiger partial charge in [-0.15, -0.1) is 24.0 Å². The number of halogens is 1. The summed E-state index contributed by atoms with van der Waals surface area (Å²) < 4.78 is 5.25. The first-order chi connectivity index (χ1) is 9.29. The molecule has 2 aromatic heterocycles. The fraction of sp³-hybridized carbons (Fsp3) is 0.286. The van der Waals surface area contributed by atoms with Crippen molar-refractivity contribution in [2.24, 2.45) is 4.99 Å². The maximum absolute atomic E-state index is 5.25. The van der Waals surface area contributed by atoms with Gasteiger partial charge < -0.3 is 15.1 Å². The Labute approximate surface area is 135 Å². The predicted octanol–water partition coefficient (Wildman–Crippen LogP) is 2.47. The van der Waals surface area contributed by atoms with Gasteiger partial charge in [-0.05, 0) is 30.7 Å². The number of nitrogens with one attached hydrogen (secondary N) is 2. The van der Waals surface area contributed by atoms with E-state index < -0.39 is 0 Å². The number of furan rings is 1. The van der Waals surface area contributed by atoms with Crippen LogP contribution in [0.1, 0.15) is 17.0 Å². The molecular formula is C14H19IN4O. The minimum absolute atomic E-state index is 0. The van der Waals surface area contributed by atoms with Gasteiger partial charge in [0.25, 0.3) is 0 Å². The molecule has 5 nitrogen and oxygen atoms in total. The number of aliphatic imine (C=N–C) groups is 1. The maximum atomic E-state index is 5.25. The molecule has 2 rings (SSSR count). The third-order valence-electron chi connectivity index (χ3n) is 2.77. The van der Waals surface area contributed by atoms with Gasteiger partial charge in [0.05, 0.1) is 25.0 Å². The lowest BCUT2D eigenvalue weighted by molar-refractivity contribution is 0.501. The van der Waals surface area contributed by atoms with Gasteiger partial charge in [-0.1, -0.05) is 6.07 Å². The van der Waals surface area contributed by atoms with Crippen molar-refractivity contribution in [2.75, 3.05) is 7.05 Å². The molecule has 0 amide bonds. The second-order valence-corrected chi connectivity index (χ2v) is 4.13. The van der Waals surface area contributed by atoms with Gasteiger partial charge in [-0.3, -0.25) is 9.98 Å². The van der Waals surface area contributed by atoms with Crippen molar-refractivity contribution in [1.82, 2.24) is 15.6 Å². The number of hydrogen-bond donors (Lipinski definition) is 2. The minimum Gasteiger partial charge on any atom is -0.467 e. The lowest BCUT2D eigenvalue weighted by Crippen LogP contribution is -2.36. The van der Waals surface area contributed by atoms with Crippen LogP contribution >= 0.6 is 24.0 Å². The number of guanidine groups is 1. The maximum Gasteiger partial charge on any atom is 0.191 e. The van der Waals surface area contributed by atoms with Crippen LogP contribution < -0.4 is 10.6 Å². The fourth-order valence-corrected chi connectivity index (χ4v) is 1.68. The van der Waals surface area contributed by atoms with E-state index in [0.29, 0.717) is 13.1 Å². The van der Waals surface area contributed by atoms with Gasteiger partial charge >= 0.3 is 0 Å². The van der Waals surface area contributed by atoms with Gasteiger partial charge in [-0.2, -0.15) is 0 Å². The second kappa shape index (κ2) is 8.57. The topological polar surface area (TPSA) is 62.5 Å². The van der Waals surface area contributed by atoms with Gasteiger partial charge in [0, 0.05) is 13.2 Å². The molecule has 20 heavy (non-hydrogen) atoms. The standard InChI is InChI=1S/C14H18N4O.HI/c1-11-5-3-7-16-13(11)10-18-14(15-2)17-9-12-6-4-8-19-12;/h3-8H,9-10H2,1-2H3,(H2,15,17,18);1H. The first-order valence-electron chi connectivity index (χ1n) is 6.17. The van der Waals surface area contributed by atoms with Crippen LogP contribution in [0.2, 0.25) is 0 Å². The molecule has 0 aliphatic carbocycles. The van der Waals surface area contributed by atoms with Crippen LogP contribution in [0.15, 0.2) is 46.1 Å². The molecule has 0 saturated carbocycles. The number of aromatic nitrogens is 1. The average molecular weight is 386 g/mol. The van der Waals surface area contributed by atoms with E-state index in [0.717, 1.165) is 23.0 Å². The molecule has 0 atom stereocenters. The summed E-state index contributed by atoms with van der Waals surface area (Å²) in [5, 5.41) is 6.40. The summed E-state index contributed by atoms with van der Waals surface area (Å²) >= 11 is 0. The third kappa shape index (κ3) is 4.84. The predicted molar refractivity (Wildman–Crippen MR) is 90.1 cm³/mol. The van der Waals surface area contributed by atoms with Crippen molar-refractivity contribution in [3.8, 4) is 0 Å². The molecule has 2 N–H and O–H groups in total.